The summed E-state index contributed by atoms with van der Waals surface area (Å²) >= 11 is 0. The fourth-order valence-corrected chi connectivity index (χ4v) is 3.07. The highest BCUT2D eigenvalue weighted by molar-refractivity contribution is 7.92. The summed E-state index contributed by atoms with van der Waals surface area (Å²) < 4.78 is 40.7. The largest absolute Gasteiger partial charge is 0.493 e. The van der Waals surface area contributed by atoms with Crippen LogP contribution in [0.3, 0.4) is 0 Å². The Morgan fingerprint density at radius 1 is 1.03 bits per heavy atom. The zero-order chi connectivity index (χ0) is 21.6. The molecule has 0 heterocycles. The van der Waals surface area contributed by atoms with E-state index in [1.807, 2.05) is 6.92 Å². The van der Waals surface area contributed by atoms with Crippen LogP contribution in [0.15, 0.2) is 42.5 Å². The second-order valence-electron chi connectivity index (χ2n) is 6.16. The Bertz CT molecular complexity index is 984. The van der Waals surface area contributed by atoms with Crippen molar-refractivity contribution in [1.29, 1.82) is 0 Å². The van der Waals surface area contributed by atoms with Gasteiger partial charge in [-0.15, -0.1) is 0 Å². The van der Waals surface area contributed by atoms with Crippen LogP contribution in [0, 0.1) is 0 Å². The third-order valence-corrected chi connectivity index (χ3v) is 4.43. The molecule has 0 aliphatic heterocycles. The average molecular weight is 421 g/mol. The minimum Gasteiger partial charge on any atom is -0.493 e. The summed E-state index contributed by atoms with van der Waals surface area (Å²) in [6, 6.07) is 10.4. The van der Waals surface area contributed by atoms with Crippen LogP contribution >= 0.6 is 0 Å². The van der Waals surface area contributed by atoms with Gasteiger partial charge in [0.2, 0.25) is 15.8 Å². The van der Waals surface area contributed by atoms with Gasteiger partial charge in [-0.3, -0.25) is 9.52 Å². The smallest absolute Gasteiger partial charge is 0.338 e. The number of ketones is 1. The Labute approximate surface area is 169 Å². The van der Waals surface area contributed by atoms with E-state index in [1.54, 1.807) is 6.07 Å². The molecule has 0 aliphatic carbocycles. The first-order chi connectivity index (χ1) is 13.6. The van der Waals surface area contributed by atoms with Crippen LogP contribution in [0.1, 0.15) is 34.6 Å². The van der Waals surface area contributed by atoms with E-state index >= 15 is 0 Å². The van der Waals surface area contributed by atoms with Gasteiger partial charge in [0.25, 0.3) is 0 Å². The number of carbonyl (C=O) groups excluding carboxylic acids is 2. The molecule has 0 aromatic heterocycles. The summed E-state index contributed by atoms with van der Waals surface area (Å²) in [5.41, 5.74) is 0.835. The lowest BCUT2D eigenvalue weighted by molar-refractivity contribution is 0.0318. The first-order valence-electron chi connectivity index (χ1n) is 8.78. The maximum Gasteiger partial charge on any atom is 0.338 e. The minimum atomic E-state index is -3.41. The van der Waals surface area contributed by atoms with Gasteiger partial charge in [-0.05, 0) is 56.3 Å². The number of benzene rings is 2. The summed E-state index contributed by atoms with van der Waals surface area (Å²) in [5, 5.41) is 0. The fraction of sp³-hybridized carbons (Fsp3) is 0.300. The fourth-order valence-electron chi connectivity index (χ4n) is 2.50. The summed E-state index contributed by atoms with van der Waals surface area (Å²) in [5.74, 6) is -0.211. The number of Topliss-reactive ketones (excluding diaryl/α,β-unsaturated/α-hetero) is 1. The molecule has 8 nitrogen and oxygen atoms in total. The molecule has 0 bridgehead atoms. The predicted molar refractivity (Wildman–Crippen MR) is 108 cm³/mol. The average Bonchev–Trinajstić information content (AvgIpc) is 2.67. The first kappa shape index (κ1) is 22.2. The summed E-state index contributed by atoms with van der Waals surface area (Å²) in [6.07, 6.45) is -0.00229. The number of nitrogens with one attached hydrogen (secondary N) is 1. The molecule has 1 atom stereocenters. The Morgan fingerprint density at radius 3 is 2.21 bits per heavy atom. The number of methoxy groups -OCH3 is 1. The summed E-state index contributed by atoms with van der Waals surface area (Å²) in [7, 11) is -1.95. The number of rotatable bonds is 9. The highest BCUT2D eigenvalue weighted by Crippen LogP contribution is 2.28. The maximum absolute atomic E-state index is 12.5. The van der Waals surface area contributed by atoms with Gasteiger partial charge in [0.1, 0.15) is 0 Å². The molecule has 2 aromatic carbocycles. The zero-order valence-corrected chi connectivity index (χ0v) is 17.4. The van der Waals surface area contributed by atoms with Crippen molar-refractivity contribution in [3.8, 4) is 11.5 Å². The van der Waals surface area contributed by atoms with Crippen molar-refractivity contribution in [2.24, 2.45) is 0 Å². The Morgan fingerprint density at radius 2 is 1.66 bits per heavy atom. The van der Waals surface area contributed by atoms with Crippen LogP contribution in [-0.2, 0) is 14.8 Å². The van der Waals surface area contributed by atoms with Gasteiger partial charge >= 0.3 is 5.97 Å². The number of hydrogen-bond donors (Lipinski definition) is 1. The Kier molecular flexibility index (Phi) is 7.22. The molecular formula is C20H23NO7S. The second-order valence-corrected chi connectivity index (χ2v) is 7.91. The van der Waals surface area contributed by atoms with Gasteiger partial charge < -0.3 is 14.2 Å². The van der Waals surface area contributed by atoms with Crippen LogP contribution in [0.4, 0.5) is 5.69 Å². The monoisotopic (exact) mass is 421 g/mol. The molecule has 2 aromatic rings. The topological polar surface area (TPSA) is 108 Å². The van der Waals surface area contributed by atoms with Crippen LogP contribution in [0.25, 0.3) is 0 Å². The highest BCUT2D eigenvalue weighted by atomic mass is 32.2. The molecule has 29 heavy (non-hydrogen) atoms. The van der Waals surface area contributed by atoms with E-state index in [9.17, 15) is 18.0 Å². The molecule has 0 unspecified atom stereocenters. The molecule has 0 amide bonds. The van der Waals surface area contributed by atoms with Gasteiger partial charge in [-0.25, -0.2) is 13.2 Å². The van der Waals surface area contributed by atoms with E-state index < -0.39 is 27.9 Å². The molecule has 9 heteroatoms. The van der Waals surface area contributed by atoms with Crippen molar-refractivity contribution in [3.63, 3.8) is 0 Å². The van der Waals surface area contributed by atoms with Crippen molar-refractivity contribution >= 4 is 27.5 Å². The Balaban J connectivity index is 2.08. The quantitative estimate of drug-likeness (QED) is 0.490. The van der Waals surface area contributed by atoms with Crippen molar-refractivity contribution in [2.45, 2.75) is 20.0 Å². The number of carbonyl (C=O) groups is 2. The predicted octanol–water partition coefficient (Wildman–Crippen LogP) is 2.89. The van der Waals surface area contributed by atoms with Gasteiger partial charge in [0.05, 0.1) is 25.5 Å². The lowest BCUT2D eigenvalue weighted by Gasteiger charge is -2.14. The molecule has 0 fully saturated rings. The third kappa shape index (κ3) is 6.21. The van der Waals surface area contributed by atoms with Crippen LogP contribution < -0.4 is 14.2 Å². The molecule has 2 rings (SSSR count). The molecule has 1 N–H and O–H groups in total. The molecule has 0 saturated carbocycles. The zero-order valence-electron chi connectivity index (χ0n) is 16.6. The van der Waals surface area contributed by atoms with E-state index in [0.717, 1.165) is 6.26 Å². The van der Waals surface area contributed by atoms with E-state index in [-0.39, 0.29) is 11.1 Å². The standard InChI is InChI=1S/C20H23NO7S/c1-5-27-17-11-8-15(12-18(17)26-3)20(23)28-13(2)19(22)14-6-9-16(10-7-14)21-29(4,24)25/h6-13,21H,5H2,1-4H3/t13-/m1/s1. The number of hydrogen-bond acceptors (Lipinski definition) is 7. The van der Waals surface area contributed by atoms with Crippen LogP contribution in [0.5, 0.6) is 11.5 Å². The Hall–Kier alpha value is -3.07. The molecule has 0 aliphatic rings. The summed E-state index contributed by atoms with van der Waals surface area (Å²) in [6.45, 7) is 3.75. The van der Waals surface area contributed by atoms with E-state index in [1.165, 1.54) is 50.4 Å². The minimum absolute atomic E-state index is 0.220. The SMILES string of the molecule is CCOc1ccc(C(=O)O[C@H](C)C(=O)c2ccc(NS(C)(=O)=O)cc2)cc1OC. The number of sulfonamides is 1. The first-order valence-corrected chi connectivity index (χ1v) is 10.7. The van der Waals surface area contributed by atoms with Crippen molar-refractivity contribution < 1.29 is 32.2 Å². The lowest BCUT2D eigenvalue weighted by Crippen LogP contribution is -2.24. The summed E-state index contributed by atoms with van der Waals surface area (Å²) in [4.78, 5) is 24.9. The molecule has 0 saturated heterocycles. The number of esters is 1. The lowest BCUT2D eigenvalue weighted by atomic mass is 10.1. The molecular weight excluding hydrogens is 398 g/mol. The van der Waals surface area contributed by atoms with Gasteiger partial charge in [0, 0.05) is 11.3 Å². The van der Waals surface area contributed by atoms with Crippen molar-refractivity contribution in [1.82, 2.24) is 0 Å². The number of ether oxygens (including phenoxy) is 3. The molecule has 156 valence electrons. The van der Waals surface area contributed by atoms with Gasteiger partial charge in [-0.2, -0.15) is 0 Å². The molecule has 0 radical (unpaired) electrons. The van der Waals surface area contributed by atoms with E-state index in [2.05, 4.69) is 4.72 Å². The third-order valence-electron chi connectivity index (χ3n) is 3.82. The highest BCUT2D eigenvalue weighted by Gasteiger charge is 2.21. The molecule has 0 spiro atoms. The number of anilines is 1. The van der Waals surface area contributed by atoms with Crippen LogP contribution in [0.2, 0.25) is 0 Å². The van der Waals surface area contributed by atoms with Gasteiger partial charge in [-0.1, -0.05) is 0 Å². The van der Waals surface area contributed by atoms with Crippen molar-refractivity contribution in [3.05, 3.63) is 53.6 Å². The van der Waals surface area contributed by atoms with Gasteiger partial charge in [0.15, 0.2) is 17.6 Å². The van der Waals surface area contributed by atoms with E-state index in [0.29, 0.717) is 23.8 Å². The van der Waals surface area contributed by atoms with Crippen molar-refractivity contribution in [2.75, 3.05) is 24.7 Å². The van der Waals surface area contributed by atoms with E-state index in [4.69, 9.17) is 14.2 Å². The normalized spacial score (nSPS) is 12.0. The van der Waals surface area contributed by atoms with Crippen LogP contribution in [-0.4, -0.2) is 46.2 Å². The maximum atomic E-state index is 12.5. The second kappa shape index (κ2) is 9.42.